The average Bonchev–Trinajstić information content (AvgIpc) is 2.09. The number of nitrogens with zero attached hydrogens (tertiary/aromatic N) is 1. The summed E-state index contributed by atoms with van der Waals surface area (Å²) in [5.41, 5.74) is -1.51. The Hall–Kier alpha value is -2.12. The Morgan fingerprint density at radius 3 is 2.71 bits per heavy atom. The number of aromatic amines is 2. The molecule has 0 spiro atoms. The summed E-state index contributed by atoms with van der Waals surface area (Å²) >= 11 is 0. The van der Waals surface area contributed by atoms with Gasteiger partial charge in [0.15, 0.2) is 0 Å². The molecule has 0 unspecified atom stereocenters. The highest BCUT2D eigenvalue weighted by molar-refractivity contribution is 5.76. The maximum Gasteiger partial charge on any atom is 0.342 e. The van der Waals surface area contributed by atoms with Gasteiger partial charge in [0.2, 0.25) is 5.82 Å². The number of carboxylic acid groups (broad SMARTS) is 1. The number of hydrogen-bond acceptors (Lipinski definition) is 5. The Morgan fingerprint density at radius 2 is 2.21 bits per heavy atom. The smallest absolute Gasteiger partial charge is 0.342 e. The average molecular weight is 200 g/mol. The first-order chi connectivity index (χ1) is 6.50. The Morgan fingerprint density at radius 1 is 1.57 bits per heavy atom. The molecule has 76 valence electrons. The molecule has 0 fully saturated rings. The number of anilines is 1. The van der Waals surface area contributed by atoms with Gasteiger partial charge in [0.1, 0.15) is 6.04 Å². The van der Waals surface area contributed by atoms with Crippen molar-refractivity contribution < 1.29 is 9.90 Å². The lowest BCUT2D eigenvalue weighted by molar-refractivity contribution is -0.137. The molecule has 4 N–H and O–H groups in total. The largest absolute Gasteiger partial charge is 0.480 e. The van der Waals surface area contributed by atoms with Gasteiger partial charge in [0.25, 0.3) is 5.56 Å². The molecule has 1 atom stereocenters. The normalized spacial score (nSPS) is 12.1. The monoisotopic (exact) mass is 200 g/mol. The number of hydrogen-bond donors (Lipinski definition) is 4. The molecule has 1 aromatic heterocycles. The van der Waals surface area contributed by atoms with Gasteiger partial charge in [0, 0.05) is 0 Å². The van der Waals surface area contributed by atoms with E-state index in [1.165, 1.54) is 6.92 Å². The summed E-state index contributed by atoms with van der Waals surface area (Å²) in [7, 11) is 0. The topological polar surface area (TPSA) is 128 Å². The Labute approximate surface area is 77.0 Å². The van der Waals surface area contributed by atoms with Crippen LogP contribution in [0.25, 0.3) is 0 Å². The van der Waals surface area contributed by atoms with Gasteiger partial charge in [-0.2, -0.15) is 0 Å². The molecule has 8 nitrogen and oxygen atoms in total. The Balaban J connectivity index is 2.93. The van der Waals surface area contributed by atoms with Crippen LogP contribution in [0, 0.1) is 0 Å². The standard InChI is InChI=1S/C6H8N4O4/c1-2(5(12)13)7-3-4(11)8-6(14)10-9-3/h2H,1H3,(H,7,9)(H,12,13)(H2,8,10,11,14)/t2-/m1/s1. The molecule has 14 heavy (non-hydrogen) atoms. The molecule has 1 rings (SSSR count). The number of carboxylic acids is 1. The van der Waals surface area contributed by atoms with Crippen LogP contribution in [0.5, 0.6) is 0 Å². The molecule has 0 aliphatic carbocycles. The van der Waals surface area contributed by atoms with Gasteiger partial charge in [0.05, 0.1) is 0 Å². The van der Waals surface area contributed by atoms with E-state index in [1.54, 1.807) is 0 Å². The van der Waals surface area contributed by atoms with Crippen LogP contribution in [0.1, 0.15) is 6.92 Å². The zero-order valence-corrected chi connectivity index (χ0v) is 7.20. The molecular weight excluding hydrogens is 192 g/mol. The quantitative estimate of drug-likeness (QED) is 0.462. The minimum atomic E-state index is -1.13. The van der Waals surface area contributed by atoms with Crippen molar-refractivity contribution in [3.8, 4) is 0 Å². The van der Waals surface area contributed by atoms with Gasteiger partial charge in [-0.05, 0) is 6.92 Å². The Kier molecular flexibility index (Phi) is 2.65. The van der Waals surface area contributed by atoms with Crippen molar-refractivity contribution in [1.82, 2.24) is 15.2 Å². The first-order valence-corrected chi connectivity index (χ1v) is 3.69. The van der Waals surface area contributed by atoms with Crippen LogP contribution >= 0.6 is 0 Å². The first kappa shape index (κ1) is 9.96. The highest BCUT2D eigenvalue weighted by Gasteiger charge is 2.12. The van der Waals surface area contributed by atoms with E-state index in [0.29, 0.717) is 0 Å². The zero-order chi connectivity index (χ0) is 10.7. The molecule has 0 aliphatic rings. The molecule has 0 amide bonds. The first-order valence-electron chi connectivity index (χ1n) is 3.69. The summed E-state index contributed by atoms with van der Waals surface area (Å²) in [6, 6.07) is -0.963. The van der Waals surface area contributed by atoms with Crippen LogP contribution in [0.15, 0.2) is 9.59 Å². The lowest BCUT2D eigenvalue weighted by atomic mass is 10.3. The summed E-state index contributed by atoms with van der Waals surface area (Å²) in [5, 5.41) is 16.1. The van der Waals surface area contributed by atoms with E-state index in [4.69, 9.17) is 5.11 Å². The molecule has 1 heterocycles. The third kappa shape index (κ3) is 2.19. The van der Waals surface area contributed by atoms with Crippen LogP contribution in [0.4, 0.5) is 5.82 Å². The second kappa shape index (κ2) is 3.73. The zero-order valence-electron chi connectivity index (χ0n) is 7.20. The van der Waals surface area contributed by atoms with Gasteiger partial charge in [-0.3, -0.25) is 14.6 Å². The molecule has 0 saturated heterocycles. The van der Waals surface area contributed by atoms with Crippen molar-refractivity contribution in [2.75, 3.05) is 5.32 Å². The number of aromatic nitrogens is 3. The number of nitrogens with one attached hydrogen (secondary N) is 3. The number of rotatable bonds is 3. The van der Waals surface area contributed by atoms with Gasteiger partial charge in [-0.15, -0.1) is 5.10 Å². The highest BCUT2D eigenvalue weighted by atomic mass is 16.4. The number of carbonyl (C=O) groups is 1. The van der Waals surface area contributed by atoms with Crippen LogP contribution in [0.2, 0.25) is 0 Å². The molecule has 0 aromatic carbocycles. The lowest BCUT2D eigenvalue weighted by Gasteiger charge is -2.07. The van der Waals surface area contributed by atoms with Crippen LogP contribution < -0.4 is 16.6 Å². The van der Waals surface area contributed by atoms with E-state index >= 15 is 0 Å². The fourth-order valence-electron chi connectivity index (χ4n) is 0.712. The van der Waals surface area contributed by atoms with E-state index < -0.39 is 23.3 Å². The Bertz CT molecular complexity index is 448. The molecule has 8 heteroatoms. The summed E-state index contributed by atoms with van der Waals surface area (Å²) in [6.45, 7) is 1.34. The van der Waals surface area contributed by atoms with E-state index in [1.807, 2.05) is 10.1 Å². The summed E-state index contributed by atoms with van der Waals surface area (Å²) in [4.78, 5) is 33.9. The van der Waals surface area contributed by atoms with Crippen molar-refractivity contribution in [3.05, 3.63) is 20.8 Å². The second-order valence-corrected chi connectivity index (χ2v) is 2.56. The van der Waals surface area contributed by atoms with Crippen molar-refractivity contribution >= 4 is 11.8 Å². The number of H-pyrrole nitrogens is 2. The second-order valence-electron chi connectivity index (χ2n) is 2.56. The SMILES string of the molecule is C[C@@H](Nc1n[nH]c(=O)[nH]c1=O)C(=O)O. The van der Waals surface area contributed by atoms with Gasteiger partial charge in [-0.25, -0.2) is 9.89 Å². The van der Waals surface area contributed by atoms with Crippen molar-refractivity contribution in [2.45, 2.75) is 13.0 Å². The van der Waals surface area contributed by atoms with Gasteiger partial charge < -0.3 is 10.4 Å². The molecule has 0 bridgehead atoms. The predicted octanol–water partition coefficient (Wildman–Crippen LogP) is -1.66. The van der Waals surface area contributed by atoms with Crippen LogP contribution in [-0.2, 0) is 4.79 Å². The summed E-state index contributed by atoms with van der Waals surface area (Å²) in [5.74, 6) is -1.36. The highest BCUT2D eigenvalue weighted by Crippen LogP contribution is 1.92. The molecule has 0 saturated carbocycles. The third-order valence-corrected chi connectivity index (χ3v) is 1.44. The molecule has 0 aliphatic heterocycles. The lowest BCUT2D eigenvalue weighted by Crippen LogP contribution is -2.33. The summed E-state index contributed by atoms with van der Waals surface area (Å²) in [6.07, 6.45) is 0. The van der Waals surface area contributed by atoms with Crippen molar-refractivity contribution in [1.29, 1.82) is 0 Å². The van der Waals surface area contributed by atoms with Crippen LogP contribution in [0.3, 0.4) is 0 Å². The van der Waals surface area contributed by atoms with E-state index in [2.05, 4.69) is 10.4 Å². The van der Waals surface area contributed by atoms with Crippen LogP contribution in [-0.4, -0.2) is 32.3 Å². The number of aliphatic carboxylic acids is 1. The van der Waals surface area contributed by atoms with E-state index in [-0.39, 0.29) is 5.82 Å². The predicted molar refractivity (Wildman–Crippen MR) is 46.2 cm³/mol. The van der Waals surface area contributed by atoms with Crippen molar-refractivity contribution in [3.63, 3.8) is 0 Å². The molecule has 0 radical (unpaired) electrons. The van der Waals surface area contributed by atoms with Gasteiger partial charge in [-0.1, -0.05) is 0 Å². The van der Waals surface area contributed by atoms with E-state index in [9.17, 15) is 14.4 Å². The fraction of sp³-hybridized carbons (Fsp3) is 0.333. The molecule has 1 aromatic rings. The minimum Gasteiger partial charge on any atom is -0.480 e. The fourth-order valence-corrected chi connectivity index (χ4v) is 0.712. The molecular formula is C6H8N4O4. The van der Waals surface area contributed by atoms with Gasteiger partial charge >= 0.3 is 11.7 Å². The van der Waals surface area contributed by atoms with E-state index in [0.717, 1.165) is 0 Å². The summed E-state index contributed by atoms with van der Waals surface area (Å²) < 4.78 is 0. The van der Waals surface area contributed by atoms with Crippen molar-refractivity contribution in [2.24, 2.45) is 0 Å². The third-order valence-electron chi connectivity index (χ3n) is 1.44. The maximum absolute atomic E-state index is 11.0. The maximum atomic E-state index is 11.0. The minimum absolute atomic E-state index is 0.237.